The maximum Gasteiger partial charge on any atom is 0.312 e. The number of carboxylic acids is 1. The average molecular weight is 258 g/mol. The first kappa shape index (κ1) is 12.0. The zero-order valence-electron chi connectivity index (χ0n) is 9.20. The van der Waals surface area contributed by atoms with E-state index in [1.165, 1.54) is 0 Å². The fraction of sp³-hybridized carbons (Fsp3) is 0.364. The van der Waals surface area contributed by atoms with Crippen molar-refractivity contribution in [3.05, 3.63) is 22.2 Å². The van der Waals surface area contributed by atoms with Gasteiger partial charge in [-0.15, -0.1) is 0 Å². The number of hydrogen-bond donors (Lipinski definition) is 2. The lowest BCUT2D eigenvalue weighted by Gasteiger charge is -2.15. The maximum absolute atomic E-state index is 11.1. The molecule has 1 aliphatic heterocycles. The van der Waals surface area contributed by atoms with Crippen LogP contribution in [0.5, 0.6) is 11.5 Å². The van der Waals surface area contributed by atoms with Crippen molar-refractivity contribution >= 4 is 17.6 Å². The van der Waals surface area contributed by atoms with E-state index in [4.69, 9.17) is 31.9 Å². The lowest BCUT2D eigenvalue weighted by atomic mass is 9.96. The van der Waals surface area contributed by atoms with Crippen LogP contribution < -0.4 is 15.2 Å². The Balaban J connectivity index is 2.55. The van der Waals surface area contributed by atoms with Crippen molar-refractivity contribution in [2.24, 2.45) is 5.73 Å². The highest BCUT2D eigenvalue weighted by Gasteiger charge is 2.27. The molecule has 2 rings (SSSR count). The highest BCUT2D eigenvalue weighted by atomic mass is 35.5. The predicted octanol–water partition coefficient (Wildman–Crippen LogP) is 1.50. The Hall–Kier alpha value is -1.46. The molecule has 92 valence electrons. The van der Waals surface area contributed by atoms with Crippen LogP contribution in [0.4, 0.5) is 0 Å². The van der Waals surface area contributed by atoms with E-state index in [-0.39, 0.29) is 13.3 Å². The van der Waals surface area contributed by atoms with Gasteiger partial charge in [0.15, 0.2) is 11.5 Å². The molecule has 17 heavy (non-hydrogen) atoms. The molecule has 1 heterocycles. The lowest BCUT2D eigenvalue weighted by Crippen LogP contribution is -2.21. The second-order valence-corrected chi connectivity index (χ2v) is 4.14. The van der Waals surface area contributed by atoms with Crippen LogP contribution in [-0.4, -0.2) is 24.4 Å². The Labute approximate surface area is 103 Å². The molecule has 0 amide bonds. The summed E-state index contributed by atoms with van der Waals surface area (Å²) in [6.07, 6.45) is 0. The lowest BCUT2D eigenvalue weighted by molar-refractivity contribution is -0.138. The molecule has 5 nitrogen and oxygen atoms in total. The number of hydrogen-bond acceptors (Lipinski definition) is 4. The first-order valence-corrected chi connectivity index (χ1v) is 5.45. The molecule has 1 aromatic rings. The number of carbonyl (C=O) groups is 1. The van der Waals surface area contributed by atoms with Gasteiger partial charge in [0.25, 0.3) is 0 Å². The number of halogens is 1. The van der Waals surface area contributed by atoms with Gasteiger partial charge < -0.3 is 20.3 Å². The molecular weight excluding hydrogens is 246 g/mol. The second kappa shape index (κ2) is 4.43. The van der Waals surface area contributed by atoms with Gasteiger partial charge in [-0.05, 0) is 18.6 Å². The Kier molecular flexibility index (Phi) is 3.13. The van der Waals surface area contributed by atoms with Crippen LogP contribution in [0.25, 0.3) is 0 Å². The van der Waals surface area contributed by atoms with E-state index >= 15 is 0 Å². The molecule has 1 aromatic carbocycles. The highest BCUT2D eigenvalue weighted by Crippen LogP contribution is 2.43. The molecule has 3 N–H and O–H groups in total. The maximum atomic E-state index is 11.1. The molecule has 0 aromatic heterocycles. The van der Waals surface area contributed by atoms with E-state index < -0.39 is 11.9 Å². The van der Waals surface area contributed by atoms with Crippen LogP contribution in [0.15, 0.2) is 6.07 Å². The van der Waals surface area contributed by atoms with Crippen LogP contribution in [-0.2, 0) is 4.79 Å². The van der Waals surface area contributed by atoms with Gasteiger partial charge in [-0.1, -0.05) is 11.6 Å². The summed E-state index contributed by atoms with van der Waals surface area (Å²) in [6, 6.07) is 1.59. The first-order chi connectivity index (χ1) is 8.06. The normalized spacial score (nSPS) is 14.8. The third-order valence-corrected chi connectivity index (χ3v) is 3.26. The first-order valence-electron chi connectivity index (χ1n) is 5.07. The number of carboxylic acid groups (broad SMARTS) is 1. The minimum absolute atomic E-state index is 0.0197. The molecule has 0 aliphatic carbocycles. The van der Waals surface area contributed by atoms with Crippen LogP contribution in [0.1, 0.15) is 17.0 Å². The van der Waals surface area contributed by atoms with Crippen molar-refractivity contribution < 1.29 is 19.4 Å². The van der Waals surface area contributed by atoms with Crippen LogP contribution in [0.2, 0.25) is 5.02 Å². The summed E-state index contributed by atoms with van der Waals surface area (Å²) < 4.78 is 10.5. The summed E-state index contributed by atoms with van der Waals surface area (Å²) in [5, 5.41) is 9.45. The van der Waals surface area contributed by atoms with Crippen LogP contribution in [0.3, 0.4) is 0 Å². The van der Waals surface area contributed by atoms with Gasteiger partial charge in [0, 0.05) is 12.1 Å². The summed E-state index contributed by atoms with van der Waals surface area (Å²) >= 11 is 6.14. The molecule has 0 saturated carbocycles. The molecular formula is C11H12ClNO4. The van der Waals surface area contributed by atoms with Crippen LogP contribution in [0, 0.1) is 6.92 Å². The summed E-state index contributed by atoms with van der Waals surface area (Å²) in [7, 11) is 0. The third kappa shape index (κ3) is 1.92. The van der Waals surface area contributed by atoms with Gasteiger partial charge in [0.2, 0.25) is 6.79 Å². The minimum Gasteiger partial charge on any atom is -0.481 e. The quantitative estimate of drug-likeness (QED) is 0.858. The number of rotatable bonds is 3. The van der Waals surface area contributed by atoms with Crippen molar-refractivity contribution in [3.63, 3.8) is 0 Å². The number of aliphatic carboxylic acids is 1. The van der Waals surface area contributed by atoms with E-state index in [1.807, 2.05) is 0 Å². The molecule has 1 aliphatic rings. The second-order valence-electron chi connectivity index (χ2n) is 3.77. The van der Waals surface area contributed by atoms with Gasteiger partial charge in [0.1, 0.15) is 0 Å². The number of benzene rings is 1. The minimum atomic E-state index is -1.01. The van der Waals surface area contributed by atoms with E-state index in [1.54, 1.807) is 13.0 Å². The Morgan fingerprint density at radius 2 is 2.35 bits per heavy atom. The molecule has 0 fully saturated rings. The predicted molar refractivity (Wildman–Crippen MR) is 61.7 cm³/mol. The van der Waals surface area contributed by atoms with Crippen molar-refractivity contribution in [2.75, 3.05) is 13.3 Å². The van der Waals surface area contributed by atoms with E-state index in [0.29, 0.717) is 27.6 Å². The average Bonchev–Trinajstić information content (AvgIpc) is 2.73. The van der Waals surface area contributed by atoms with Gasteiger partial charge in [0.05, 0.1) is 10.9 Å². The summed E-state index contributed by atoms with van der Waals surface area (Å²) in [5.74, 6) is -0.759. The smallest absolute Gasteiger partial charge is 0.312 e. The van der Waals surface area contributed by atoms with Gasteiger partial charge in [-0.25, -0.2) is 0 Å². The molecule has 6 heteroatoms. The molecule has 1 atom stereocenters. The van der Waals surface area contributed by atoms with Gasteiger partial charge in [-0.3, -0.25) is 4.79 Å². The molecule has 0 saturated heterocycles. The molecule has 0 radical (unpaired) electrons. The third-order valence-electron chi connectivity index (χ3n) is 2.76. The topological polar surface area (TPSA) is 81.8 Å². The van der Waals surface area contributed by atoms with Crippen molar-refractivity contribution in [2.45, 2.75) is 12.8 Å². The van der Waals surface area contributed by atoms with E-state index in [9.17, 15) is 4.79 Å². The number of nitrogens with two attached hydrogens (primary N) is 1. The largest absolute Gasteiger partial charge is 0.481 e. The summed E-state index contributed by atoms with van der Waals surface area (Å²) in [5.41, 5.74) is 6.60. The highest BCUT2D eigenvalue weighted by molar-refractivity contribution is 6.32. The van der Waals surface area contributed by atoms with Gasteiger partial charge in [-0.2, -0.15) is 0 Å². The van der Waals surface area contributed by atoms with Crippen molar-refractivity contribution in [1.29, 1.82) is 0 Å². The van der Waals surface area contributed by atoms with Crippen molar-refractivity contribution in [1.82, 2.24) is 0 Å². The standard InChI is InChI=1S/C11H12ClNO4/c1-5-9(12)6(7(3-13)11(14)15)2-8-10(5)17-4-16-8/h2,7H,3-4,13H2,1H3,(H,14,15). The SMILES string of the molecule is Cc1c(Cl)c(C(CN)C(=O)O)cc2c1OCO2. The zero-order chi connectivity index (χ0) is 12.6. The molecule has 0 spiro atoms. The monoisotopic (exact) mass is 257 g/mol. The van der Waals surface area contributed by atoms with E-state index in [0.717, 1.165) is 0 Å². The number of ether oxygens (including phenoxy) is 2. The fourth-order valence-electron chi connectivity index (χ4n) is 1.82. The summed E-state index contributed by atoms with van der Waals surface area (Å²) in [6.45, 7) is 1.86. The van der Waals surface area contributed by atoms with Crippen molar-refractivity contribution in [3.8, 4) is 11.5 Å². The van der Waals surface area contributed by atoms with Crippen LogP contribution >= 0.6 is 11.6 Å². The van der Waals surface area contributed by atoms with E-state index in [2.05, 4.69) is 0 Å². The molecule has 0 bridgehead atoms. The summed E-state index contributed by atoms with van der Waals surface area (Å²) in [4.78, 5) is 11.1. The zero-order valence-corrected chi connectivity index (χ0v) is 9.95. The van der Waals surface area contributed by atoms with Gasteiger partial charge >= 0.3 is 5.97 Å². The molecule has 1 unspecified atom stereocenters. The Morgan fingerprint density at radius 1 is 1.65 bits per heavy atom. The number of fused-ring (bicyclic) bond motifs is 1. The Bertz CT molecular complexity index is 475. The Morgan fingerprint density at radius 3 is 2.94 bits per heavy atom. The fourth-order valence-corrected chi connectivity index (χ4v) is 2.10.